The number of nitrogens with one attached hydrogen (secondary N) is 1. The third-order valence-corrected chi connectivity index (χ3v) is 2.10. The van der Waals surface area contributed by atoms with Crippen molar-refractivity contribution in [3.05, 3.63) is 40.9 Å². The Labute approximate surface area is 99.3 Å². The van der Waals surface area contributed by atoms with Gasteiger partial charge in [-0.25, -0.2) is 9.97 Å². The van der Waals surface area contributed by atoms with E-state index in [0.717, 1.165) is 0 Å². The van der Waals surface area contributed by atoms with Crippen molar-refractivity contribution in [2.75, 3.05) is 5.32 Å². The molecule has 6 nitrogen and oxygen atoms in total. The Hall–Kier alpha value is -1.89. The number of carbonyl (C=O) groups is 1. The van der Waals surface area contributed by atoms with Gasteiger partial charge in [0.15, 0.2) is 0 Å². The fourth-order valence-corrected chi connectivity index (χ4v) is 1.35. The van der Waals surface area contributed by atoms with E-state index in [1.54, 1.807) is 18.2 Å². The Bertz CT molecular complexity index is 504. The molecule has 0 unspecified atom stereocenters. The molecule has 2 rings (SSSR count). The lowest BCUT2D eigenvalue weighted by atomic mass is 10.3. The average Bonchev–Trinajstić information content (AvgIpc) is 2.30. The summed E-state index contributed by atoms with van der Waals surface area (Å²) in [6, 6.07) is 5.05. The molecule has 0 bridgehead atoms. The summed E-state index contributed by atoms with van der Waals surface area (Å²) >= 11 is 3.18. The summed E-state index contributed by atoms with van der Waals surface area (Å²) in [7, 11) is 0. The van der Waals surface area contributed by atoms with Gasteiger partial charge in [0.1, 0.15) is 10.3 Å². The molecular formula is C9H6BrN5O. The second-order valence-electron chi connectivity index (χ2n) is 2.77. The molecular weight excluding hydrogens is 274 g/mol. The maximum absolute atomic E-state index is 11.7. The molecule has 16 heavy (non-hydrogen) atoms. The normalized spacial score (nSPS) is 9.81. The molecule has 0 aliphatic heterocycles. The van der Waals surface area contributed by atoms with Crippen molar-refractivity contribution in [3.63, 3.8) is 0 Å². The first-order valence-corrected chi connectivity index (χ1v) is 5.12. The van der Waals surface area contributed by atoms with Crippen LogP contribution in [-0.4, -0.2) is 26.1 Å². The highest BCUT2D eigenvalue weighted by Gasteiger charge is 2.08. The number of carbonyl (C=O) groups excluding carboxylic acids is 1. The Balaban J connectivity index is 2.15. The molecule has 0 spiro atoms. The van der Waals surface area contributed by atoms with E-state index in [-0.39, 0.29) is 17.5 Å². The molecule has 0 aliphatic carbocycles. The van der Waals surface area contributed by atoms with Gasteiger partial charge in [0, 0.05) is 0 Å². The Morgan fingerprint density at radius 3 is 2.88 bits per heavy atom. The van der Waals surface area contributed by atoms with Gasteiger partial charge in [-0.1, -0.05) is 6.07 Å². The first-order chi connectivity index (χ1) is 7.75. The molecule has 0 saturated carbocycles. The van der Waals surface area contributed by atoms with Gasteiger partial charge in [-0.15, -0.1) is 5.10 Å². The lowest BCUT2D eigenvalue weighted by Crippen LogP contribution is -2.15. The van der Waals surface area contributed by atoms with E-state index in [9.17, 15) is 4.79 Å². The maximum atomic E-state index is 11.7. The van der Waals surface area contributed by atoms with E-state index in [4.69, 9.17) is 0 Å². The molecule has 7 heteroatoms. The number of anilines is 1. The van der Waals surface area contributed by atoms with E-state index in [2.05, 4.69) is 41.4 Å². The fraction of sp³-hybridized carbons (Fsp3) is 0. The van der Waals surface area contributed by atoms with Crippen molar-refractivity contribution in [2.45, 2.75) is 0 Å². The molecule has 1 amide bonds. The van der Waals surface area contributed by atoms with Crippen LogP contribution in [0.5, 0.6) is 0 Å². The summed E-state index contributed by atoms with van der Waals surface area (Å²) < 4.78 is 0.590. The Morgan fingerprint density at radius 2 is 2.19 bits per heavy atom. The number of halogens is 1. The summed E-state index contributed by atoms with van der Waals surface area (Å²) in [4.78, 5) is 19.5. The number of hydrogen-bond donors (Lipinski definition) is 1. The molecule has 0 aliphatic rings. The zero-order chi connectivity index (χ0) is 11.4. The zero-order valence-electron chi connectivity index (χ0n) is 7.96. The highest BCUT2D eigenvalue weighted by atomic mass is 79.9. The number of rotatable bonds is 2. The summed E-state index contributed by atoms with van der Waals surface area (Å²) in [5.41, 5.74) is 0.279. The lowest BCUT2D eigenvalue weighted by molar-refractivity contribution is 0.102. The van der Waals surface area contributed by atoms with Crippen LogP contribution in [0.15, 0.2) is 35.2 Å². The minimum Gasteiger partial charge on any atom is -0.288 e. The maximum Gasteiger partial charge on any atom is 0.276 e. The molecule has 0 saturated heterocycles. The van der Waals surface area contributed by atoms with Crippen LogP contribution in [0, 0.1) is 0 Å². The van der Waals surface area contributed by atoms with Crippen molar-refractivity contribution in [1.82, 2.24) is 20.2 Å². The van der Waals surface area contributed by atoms with Crippen LogP contribution in [0.4, 0.5) is 5.95 Å². The van der Waals surface area contributed by atoms with Crippen LogP contribution in [0.2, 0.25) is 0 Å². The number of nitrogens with zero attached hydrogens (tertiary/aromatic N) is 4. The van der Waals surface area contributed by atoms with Crippen LogP contribution < -0.4 is 5.32 Å². The van der Waals surface area contributed by atoms with Crippen LogP contribution in [0.25, 0.3) is 0 Å². The molecule has 0 radical (unpaired) electrons. The Morgan fingerprint density at radius 1 is 1.31 bits per heavy atom. The number of hydrogen-bond acceptors (Lipinski definition) is 5. The van der Waals surface area contributed by atoms with E-state index < -0.39 is 0 Å². The van der Waals surface area contributed by atoms with Crippen LogP contribution in [0.1, 0.15) is 10.5 Å². The smallest absolute Gasteiger partial charge is 0.276 e. The van der Waals surface area contributed by atoms with Gasteiger partial charge in [-0.2, -0.15) is 5.10 Å². The van der Waals surface area contributed by atoms with Crippen molar-refractivity contribution >= 4 is 27.8 Å². The fourth-order valence-electron chi connectivity index (χ4n) is 1.01. The molecule has 2 heterocycles. The Kier molecular flexibility index (Phi) is 3.16. The number of pyridine rings is 1. The van der Waals surface area contributed by atoms with E-state index in [1.165, 1.54) is 12.4 Å². The minimum absolute atomic E-state index is 0.147. The molecule has 1 N–H and O–H groups in total. The van der Waals surface area contributed by atoms with Gasteiger partial charge >= 0.3 is 0 Å². The van der Waals surface area contributed by atoms with E-state index in [0.29, 0.717) is 4.60 Å². The minimum atomic E-state index is -0.380. The number of amides is 1. The summed E-state index contributed by atoms with van der Waals surface area (Å²) in [6.07, 6.45) is 2.87. The predicted molar refractivity (Wildman–Crippen MR) is 59.7 cm³/mol. The van der Waals surface area contributed by atoms with Crippen molar-refractivity contribution in [3.8, 4) is 0 Å². The van der Waals surface area contributed by atoms with Crippen LogP contribution >= 0.6 is 15.9 Å². The van der Waals surface area contributed by atoms with Gasteiger partial charge in [0.05, 0.1) is 12.4 Å². The SMILES string of the molecule is O=C(Nc1nccnn1)c1cccc(Br)n1. The summed E-state index contributed by atoms with van der Waals surface area (Å²) in [6.45, 7) is 0. The zero-order valence-corrected chi connectivity index (χ0v) is 9.55. The molecule has 0 atom stereocenters. The van der Waals surface area contributed by atoms with Gasteiger partial charge in [-0.3, -0.25) is 10.1 Å². The van der Waals surface area contributed by atoms with Gasteiger partial charge < -0.3 is 0 Å². The van der Waals surface area contributed by atoms with Crippen molar-refractivity contribution in [2.24, 2.45) is 0 Å². The van der Waals surface area contributed by atoms with Crippen LogP contribution in [-0.2, 0) is 0 Å². The van der Waals surface area contributed by atoms with Crippen LogP contribution in [0.3, 0.4) is 0 Å². The predicted octanol–water partition coefficient (Wildman–Crippen LogP) is 1.28. The monoisotopic (exact) mass is 279 g/mol. The summed E-state index contributed by atoms with van der Waals surface area (Å²) in [5.74, 6) is -0.233. The second-order valence-corrected chi connectivity index (χ2v) is 3.58. The molecule has 80 valence electrons. The summed E-state index contributed by atoms with van der Waals surface area (Å²) in [5, 5.41) is 9.70. The lowest BCUT2D eigenvalue weighted by Gasteiger charge is -2.01. The standard InChI is InChI=1S/C9H6BrN5O/c10-7-3-1-2-6(13-7)8(16)14-9-11-4-5-12-15-9/h1-5H,(H,11,14,15,16). The van der Waals surface area contributed by atoms with E-state index in [1.807, 2.05) is 0 Å². The first-order valence-electron chi connectivity index (χ1n) is 4.33. The van der Waals surface area contributed by atoms with Gasteiger partial charge in [0.25, 0.3) is 5.91 Å². The van der Waals surface area contributed by atoms with Crippen molar-refractivity contribution < 1.29 is 4.79 Å². The van der Waals surface area contributed by atoms with Gasteiger partial charge in [-0.05, 0) is 28.1 Å². The topological polar surface area (TPSA) is 80.7 Å². The van der Waals surface area contributed by atoms with E-state index >= 15 is 0 Å². The third-order valence-electron chi connectivity index (χ3n) is 1.66. The highest BCUT2D eigenvalue weighted by molar-refractivity contribution is 9.10. The highest BCUT2D eigenvalue weighted by Crippen LogP contribution is 2.07. The number of aromatic nitrogens is 4. The second kappa shape index (κ2) is 4.75. The quantitative estimate of drug-likeness (QED) is 0.838. The third kappa shape index (κ3) is 2.57. The molecule has 2 aromatic rings. The molecule has 0 fully saturated rings. The molecule has 2 aromatic heterocycles. The first kappa shape index (κ1) is 10.6. The largest absolute Gasteiger partial charge is 0.288 e. The van der Waals surface area contributed by atoms with Gasteiger partial charge in [0.2, 0.25) is 5.95 Å². The van der Waals surface area contributed by atoms with Crippen molar-refractivity contribution in [1.29, 1.82) is 0 Å². The molecule has 0 aromatic carbocycles. The average molecular weight is 280 g/mol.